The molecule has 0 bridgehead atoms. The van der Waals surface area contributed by atoms with E-state index in [0.717, 1.165) is 19.3 Å². The molecular formula is C16H19FN4O2. The zero-order chi connectivity index (χ0) is 16.2. The van der Waals surface area contributed by atoms with Gasteiger partial charge in [0.2, 0.25) is 0 Å². The number of carbonyl (C=O) groups is 1. The lowest BCUT2D eigenvalue weighted by atomic mass is 10.1. The molecule has 3 rings (SSSR count). The lowest BCUT2D eigenvalue weighted by Gasteiger charge is -2.23. The summed E-state index contributed by atoms with van der Waals surface area (Å²) in [6, 6.07) is 5.93. The van der Waals surface area contributed by atoms with E-state index in [1.54, 1.807) is 12.1 Å². The minimum Gasteiger partial charge on any atom is -0.396 e. The first-order chi connectivity index (χ1) is 11.2. The van der Waals surface area contributed by atoms with Crippen molar-refractivity contribution in [2.45, 2.75) is 31.7 Å². The maximum Gasteiger partial charge on any atom is 0.276 e. The van der Waals surface area contributed by atoms with E-state index in [-0.39, 0.29) is 30.1 Å². The Labute approximate surface area is 133 Å². The summed E-state index contributed by atoms with van der Waals surface area (Å²) in [5.41, 5.74) is 0.883. The minimum atomic E-state index is -0.332. The smallest absolute Gasteiger partial charge is 0.276 e. The molecule has 2 heterocycles. The van der Waals surface area contributed by atoms with Crippen LogP contribution in [0.3, 0.4) is 0 Å². The Morgan fingerprint density at radius 2 is 2.13 bits per heavy atom. The van der Waals surface area contributed by atoms with Gasteiger partial charge in [-0.15, -0.1) is 5.10 Å². The zero-order valence-electron chi connectivity index (χ0n) is 12.7. The molecule has 1 unspecified atom stereocenters. The van der Waals surface area contributed by atoms with E-state index < -0.39 is 0 Å². The Balaban J connectivity index is 1.74. The van der Waals surface area contributed by atoms with Gasteiger partial charge in [0, 0.05) is 19.2 Å². The first-order valence-corrected chi connectivity index (χ1v) is 7.79. The molecule has 1 aliphatic rings. The number of carbonyl (C=O) groups excluding carboxylic acids is 1. The number of amides is 1. The number of nitrogens with zero attached hydrogens (tertiary/aromatic N) is 4. The van der Waals surface area contributed by atoms with Crippen LogP contribution in [0.1, 0.15) is 36.2 Å². The molecule has 7 heteroatoms. The first kappa shape index (κ1) is 15.6. The predicted molar refractivity (Wildman–Crippen MR) is 81.7 cm³/mol. The molecule has 1 aromatic heterocycles. The summed E-state index contributed by atoms with van der Waals surface area (Å²) in [4.78, 5) is 15.7. The lowest BCUT2D eigenvalue weighted by Crippen LogP contribution is -2.36. The Hall–Kier alpha value is -2.28. The van der Waals surface area contributed by atoms with Crippen molar-refractivity contribution >= 4 is 5.91 Å². The van der Waals surface area contributed by atoms with Gasteiger partial charge in [0.05, 0.1) is 11.9 Å². The zero-order valence-corrected chi connectivity index (χ0v) is 12.7. The molecule has 23 heavy (non-hydrogen) atoms. The Bertz CT molecular complexity index is 671. The molecule has 1 saturated heterocycles. The number of rotatable bonds is 5. The number of aromatic nitrogens is 3. The van der Waals surface area contributed by atoms with Gasteiger partial charge in [-0.1, -0.05) is 0 Å². The minimum absolute atomic E-state index is 0.138. The van der Waals surface area contributed by atoms with Crippen molar-refractivity contribution in [1.29, 1.82) is 0 Å². The van der Waals surface area contributed by atoms with Gasteiger partial charge in [0.15, 0.2) is 5.69 Å². The van der Waals surface area contributed by atoms with Crippen LogP contribution in [-0.2, 0) is 0 Å². The van der Waals surface area contributed by atoms with Crippen LogP contribution in [0.25, 0.3) is 5.69 Å². The van der Waals surface area contributed by atoms with Gasteiger partial charge in [0.1, 0.15) is 5.82 Å². The van der Waals surface area contributed by atoms with E-state index >= 15 is 0 Å². The molecule has 1 aromatic carbocycles. The predicted octanol–water partition coefficient (Wildman–Crippen LogP) is 1.78. The van der Waals surface area contributed by atoms with Crippen molar-refractivity contribution in [3.05, 3.63) is 42.0 Å². The molecule has 0 radical (unpaired) electrons. The number of benzene rings is 1. The van der Waals surface area contributed by atoms with Crippen LogP contribution < -0.4 is 0 Å². The monoisotopic (exact) mass is 318 g/mol. The highest BCUT2D eigenvalue weighted by Gasteiger charge is 2.30. The van der Waals surface area contributed by atoms with E-state index in [2.05, 4.69) is 10.2 Å². The molecule has 122 valence electrons. The molecule has 6 nitrogen and oxygen atoms in total. The lowest BCUT2D eigenvalue weighted by molar-refractivity contribution is 0.0718. The third-order valence-corrected chi connectivity index (χ3v) is 4.10. The largest absolute Gasteiger partial charge is 0.396 e. The van der Waals surface area contributed by atoms with E-state index in [4.69, 9.17) is 5.11 Å². The summed E-state index contributed by atoms with van der Waals surface area (Å²) in [6.45, 7) is 0.845. The van der Waals surface area contributed by atoms with Crippen molar-refractivity contribution in [2.24, 2.45) is 0 Å². The van der Waals surface area contributed by atoms with Gasteiger partial charge in [0.25, 0.3) is 5.91 Å². The molecule has 1 aliphatic heterocycles. The van der Waals surface area contributed by atoms with Gasteiger partial charge in [-0.05, 0) is 49.9 Å². The van der Waals surface area contributed by atoms with Crippen molar-refractivity contribution < 1.29 is 14.3 Å². The summed E-state index contributed by atoms with van der Waals surface area (Å²) < 4.78 is 13.0. The average Bonchev–Trinajstić information content (AvgIpc) is 3.22. The van der Waals surface area contributed by atoms with E-state index in [1.807, 2.05) is 4.90 Å². The topological polar surface area (TPSA) is 71.2 Å². The van der Waals surface area contributed by atoms with Crippen LogP contribution >= 0.6 is 0 Å². The Morgan fingerprint density at radius 1 is 1.35 bits per heavy atom. The second-order valence-corrected chi connectivity index (χ2v) is 5.66. The molecule has 1 N–H and O–H groups in total. The van der Waals surface area contributed by atoms with Gasteiger partial charge in [-0.3, -0.25) is 4.79 Å². The average molecular weight is 318 g/mol. The quantitative estimate of drug-likeness (QED) is 0.912. The fraction of sp³-hybridized carbons (Fsp3) is 0.438. The highest BCUT2D eigenvalue weighted by Crippen LogP contribution is 2.23. The summed E-state index contributed by atoms with van der Waals surface area (Å²) in [6.07, 6.45) is 4.85. The number of aliphatic hydroxyl groups excluding tert-OH is 1. The van der Waals surface area contributed by atoms with Crippen LogP contribution in [0.4, 0.5) is 4.39 Å². The summed E-state index contributed by atoms with van der Waals surface area (Å²) in [5, 5.41) is 17.3. The summed E-state index contributed by atoms with van der Waals surface area (Å²) in [7, 11) is 0. The van der Waals surface area contributed by atoms with Gasteiger partial charge >= 0.3 is 0 Å². The number of aliphatic hydroxyl groups is 1. The third-order valence-electron chi connectivity index (χ3n) is 4.10. The summed E-state index contributed by atoms with van der Waals surface area (Å²) >= 11 is 0. The first-order valence-electron chi connectivity index (χ1n) is 7.79. The van der Waals surface area contributed by atoms with Crippen molar-refractivity contribution in [1.82, 2.24) is 19.9 Å². The molecule has 0 saturated carbocycles. The molecular weight excluding hydrogens is 299 g/mol. The van der Waals surface area contributed by atoms with Gasteiger partial charge in [-0.2, -0.15) is 9.90 Å². The van der Waals surface area contributed by atoms with Crippen molar-refractivity contribution in [3.8, 4) is 5.69 Å². The second kappa shape index (κ2) is 6.87. The summed E-state index contributed by atoms with van der Waals surface area (Å²) in [5.74, 6) is -0.472. The van der Waals surface area contributed by atoms with E-state index in [9.17, 15) is 9.18 Å². The van der Waals surface area contributed by atoms with Crippen molar-refractivity contribution in [3.63, 3.8) is 0 Å². The molecule has 1 amide bonds. The SMILES string of the molecule is O=C(c1cnn(-c2ccc(F)cc2)n1)N1CCCC1CCCO. The highest BCUT2D eigenvalue weighted by molar-refractivity contribution is 5.92. The second-order valence-electron chi connectivity index (χ2n) is 5.66. The third kappa shape index (κ3) is 3.39. The fourth-order valence-electron chi connectivity index (χ4n) is 2.94. The molecule has 2 aromatic rings. The maximum atomic E-state index is 13.0. The number of hydrogen-bond donors (Lipinski definition) is 1. The standard InChI is InChI=1S/C16H19FN4O2/c17-12-5-7-14(8-6-12)21-18-11-15(19-21)16(23)20-9-1-3-13(20)4-2-10-22/h5-8,11,13,22H,1-4,9-10H2. The number of halogens is 1. The highest BCUT2D eigenvalue weighted by atomic mass is 19.1. The van der Waals surface area contributed by atoms with Crippen LogP contribution in [0.15, 0.2) is 30.5 Å². The Morgan fingerprint density at radius 3 is 2.87 bits per heavy atom. The van der Waals surface area contributed by atoms with Crippen LogP contribution in [0, 0.1) is 5.82 Å². The maximum absolute atomic E-state index is 13.0. The fourth-order valence-corrected chi connectivity index (χ4v) is 2.94. The molecule has 0 aliphatic carbocycles. The van der Waals surface area contributed by atoms with Gasteiger partial charge < -0.3 is 10.0 Å². The van der Waals surface area contributed by atoms with Crippen LogP contribution in [-0.4, -0.2) is 50.1 Å². The molecule has 1 atom stereocenters. The van der Waals surface area contributed by atoms with Crippen LogP contribution in [0.5, 0.6) is 0 Å². The molecule has 0 spiro atoms. The van der Waals surface area contributed by atoms with Crippen molar-refractivity contribution in [2.75, 3.05) is 13.2 Å². The van der Waals surface area contributed by atoms with Gasteiger partial charge in [-0.25, -0.2) is 4.39 Å². The Kier molecular flexibility index (Phi) is 4.66. The number of hydrogen-bond acceptors (Lipinski definition) is 4. The van der Waals surface area contributed by atoms with E-state index in [1.165, 1.54) is 23.1 Å². The van der Waals surface area contributed by atoms with E-state index in [0.29, 0.717) is 18.7 Å². The normalized spacial score (nSPS) is 17.7. The van der Waals surface area contributed by atoms with Crippen LogP contribution in [0.2, 0.25) is 0 Å². The number of likely N-dealkylation sites (tertiary alicyclic amines) is 1. The molecule has 1 fully saturated rings.